The Bertz CT molecular complexity index is 1070. The Hall–Kier alpha value is -2.07. The van der Waals surface area contributed by atoms with Crippen LogP contribution in [-0.4, -0.2) is 23.6 Å². The molecule has 3 aromatic rings. The Labute approximate surface area is 152 Å². The molecule has 0 spiro atoms. The van der Waals surface area contributed by atoms with Gasteiger partial charge in [0.1, 0.15) is 0 Å². The molecular weight excluding hydrogens is 378 g/mol. The molecule has 0 unspecified atom stereocenters. The van der Waals surface area contributed by atoms with Crippen LogP contribution in [0.1, 0.15) is 10.4 Å². The number of nitrogens with one attached hydrogen (secondary N) is 1. The van der Waals surface area contributed by atoms with Crippen LogP contribution < -0.4 is 5.32 Å². The van der Waals surface area contributed by atoms with Crippen LogP contribution in [-0.2, 0) is 27.9 Å². The van der Waals surface area contributed by atoms with Gasteiger partial charge in [-0.25, -0.2) is 13.4 Å². The first kappa shape index (κ1) is 16.4. The van der Waals surface area contributed by atoms with Crippen LogP contribution in [0.4, 0.5) is 5.00 Å². The van der Waals surface area contributed by atoms with E-state index in [2.05, 4.69) is 16.9 Å². The van der Waals surface area contributed by atoms with Gasteiger partial charge in [-0.2, -0.15) is 4.31 Å². The Morgan fingerprint density at radius 3 is 2.92 bits per heavy atom. The van der Waals surface area contributed by atoms with Crippen molar-refractivity contribution < 1.29 is 13.2 Å². The number of fused-ring (bicyclic) bond motifs is 2. The molecule has 0 fully saturated rings. The summed E-state index contributed by atoms with van der Waals surface area (Å²) in [6.45, 7) is 4.03. The largest absolute Gasteiger partial charge is 0.314 e. The summed E-state index contributed by atoms with van der Waals surface area (Å²) in [6, 6.07) is 6.82. The van der Waals surface area contributed by atoms with Gasteiger partial charge in [-0.05, 0) is 35.9 Å². The third-order valence-electron chi connectivity index (χ3n) is 3.94. The first-order chi connectivity index (χ1) is 12.0. The maximum absolute atomic E-state index is 12.9. The summed E-state index contributed by atoms with van der Waals surface area (Å²) in [4.78, 5) is 16.8. The lowest BCUT2D eigenvalue weighted by atomic mass is 10.3. The van der Waals surface area contributed by atoms with Crippen LogP contribution in [0.25, 0.3) is 10.2 Å². The summed E-state index contributed by atoms with van der Waals surface area (Å²) in [5, 5.41) is 3.42. The molecule has 0 saturated heterocycles. The molecule has 3 heterocycles. The highest BCUT2D eigenvalue weighted by Crippen LogP contribution is 2.37. The SMILES string of the molecule is C=CC(=O)Nc1cc2c(s1)CN(S(=O)(=O)c1ccc3ncsc3c1)C2. The van der Waals surface area contributed by atoms with Gasteiger partial charge in [-0.1, -0.05) is 6.58 Å². The van der Waals surface area contributed by atoms with Crippen LogP contribution in [0.2, 0.25) is 0 Å². The van der Waals surface area contributed by atoms with Crippen LogP contribution in [0, 0.1) is 0 Å². The van der Waals surface area contributed by atoms with Crippen molar-refractivity contribution in [2.75, 3.05) is 5.32 Å². The van der Waals surface area contributed by atoms with Crippen LogP contribution in [0.3, 0.4) is 0 Å². The number of thiazole rings is 1. The van der Waals surface area contributed by atoms with Crippen molar-refractivity contribution in [1.82, 2.24) is 9.29 Å². The summed E-state index contributed by atoms with van der Waals surface area (Å²) in [6.07, 6.45) is 1.21. The van der Waals surface area contributed by atoms with Gasteiger partial charge in [-0.15, -0.1) is 22.7 Å². The molecule has 1 N–H and O–H groups in total. The molecule has 128 valence electrons. The van der Waals surface area contributed by atoms with Crippen LogP contribution >= 0.6 is 22.7 Å². The van der Waals surface area contributed by atoms with Gasteiger partial charge < -0.3 is 5.32 Å². The number of carbonyl (C=O) groups excluding carboxylic acids is 1. The smallest absolute Gasteiger partial charge is 0.248 e. The van der Waals surface area contributed by atoms with Crippen molar-refractivity contribution in [2.24, 2.45) is 0 Å². The number of amides is 1. The Morgan fingerprint density at radius 1 is 1.32 bits per heavy atom. The molecular formula is C16H13N3O3S3. The molecule has 6 nitrogen and oxygen atoms in total. The second-order valence-corrected chi connectivity index (χ2v) is 9.47. The third kappa shape index (κ3) is 2.89. The van der Waals surface area contributed by atoms with Gasteiger partial charge in [0, 0.05) is 18.0 Å². The van der Waals surface area contributed by atoms with E-state index in [0.717, 1.165) is 20.7 Å². The maximum atomic E-state index is 12.9. The zero-order valence-electron chi connectivity index (χ0n) is 12.9. The highest BCUT2D eigenvalue weighted by atomic mass is 32.2. The Balaban J connectivity index is 1.58. The van der Waals surface area contributed by atoms with E-state index in [0.29, 0.717) is 18.1 Å². The molecule has 2 aromatic heterocycles. The third-order valence-corrected chi connectivity index (χ3v) is 7.59. The van der Waals surface area contributed by atoms with E-state index in [-0.39, 0.29) is 10.8 Å². The van der Waals surface area contributed by atoms with Crippen molar-refractivity contribution in [3.05, 3.63) is 52.9 Å². The lowest BCUT2D eigenvalue weighted by Gasteiger charge is -2.16. The summed E-state index contributed by atoms with van der Waals surface area (Å²) in [5.74, 6) is -0.276. The van der Waals surface area contributed by atoms with E-state index < -0.39 is 10.0 Å². The number of aromatic nitrogens is 1. The lowest BCUT2D eigenvalue weighted by molar-refractivity contribution is -0.111. The summed E-state index contributed by atoms with van der Waals surface area (Å²) >= 11 is 2.81. The molecule has 9 heteroatoms. The zero-order chi connectivity index (χ0) is 17.6. The predicted molar refractivity (Wildman–Crippen MR) is 99.2 cm³/mol. The Kier molecular flexibility index (Phi) is 3.95. The molecule has 4 rings (SSSR count). The minimum absolute atomic E-state index is 0.276. The number of carbonyl (C=O) groups is 1. The van der Waals surface area contributed by atoms with Crippen LogP contribution in [0.5, 0.6) is 0 Å². The minimum Gasteiger partial charge on any atom is -0.314 e. The van der Waals surface area contributed by atoms with Gasteiger partial charge in [0.15, 0.2) is 0 Å². The van der Waals surface area contributed by atoms with Crippen molar-refractivity contribution in [3.63, 3.8) is 0 Å². The van der Waals surface area contributed by atoms with E-state index >= 15 is 0 Å². The number of nitrogens with zero attached hydrogens (tertiary/aromatic N) is 2. The van der Waals surface area contributed by atoms with Crippen molar-refractivity contribution in [3.8, 4) is 0 Å². The van der Waals surface area contributed by atoms with E-state index in [1.54, 1.807) is 23.7 Å². The second-order valence-electron chi connectivity index (χ2n) is 5.51. The zero-order valence-corrected chi connectivity index (χ0v) is 15.4. The van der Waals surface area contributed by atoms with Crippen LogP contribution in [0.15, 0.2) is 47.3 Å². The molecule has 0 bridgehead atoms. The molecule has 1 aromatic carbocycles. The second kappa shape index (κ2) is 6.03. The quantitative estimate of drug-likeness (QED) is 0.693. The van der Waals surface area contributed by atoms with Gasteiger partial charge in [0.2, 0.25) is 15.9 Å². The highest BCUT2D eigenvalue weighted by molar-refractivity contribution is 7.89. The van der Waals surface area contributed by atoms with Crippen molar-refractivity contribution >= 4 is 53.8 Å². The summed E-state index contributed by atoms with van der Waals surface area (Å²) < 4.78 is 28.1. The van der Waals surface area contributed by atoms with Gasteiger partial charge in [-0.3, -0.25) is 4.79 Å². The van der Waals surface area contributed by atoms with E-state index in [9.17, 15) is 13.2 Å². The molecule has 25 heavy (non-hydrogen) atoms. The first-order valence-corrected chi connectivity index (χ1v) is 10.5. The van der Waals surface area contributed by atoms with E-state index in [1.165, 1.54) is 33.1 Å². The fourth-order valence-electron chi connectivity index (χ4n) is 2.69. The number of hydrogen-bond donors (Lipinski definition) is 1. The number of thiophene rings is 1. The number of anilines is 1. The molecule has 1 aliphatic heterocycles. The normalized spacial score (nSPS) is 14.6. The van der Waals surface area contributed by atoms with Gasteiger partial charge in [0.25, 0.3) is 0 Å². The summed E-state index contributed by atoms with van der Waals surface area (Å²) in [7, 11) is -3.57. The first-order valence-electron chi connectivity index (χ1n) is 7.36. The van der Waals surface area contributed by atoms with Crippen molar-refractivity contribution in [1.29, 1.82) is 0 Å². The molecule has 0 atom stereocenters. The maximum Gasteiger partial charge on any atom is 0.248 e. The molecule has 0 saturated carbocycles. The minimum atomic E-state index is -3.57. The fraction of sp³-hybridized carbons (Fsp3) is 0.125. The fourth-order valence-corrected chi connectivity index (χ4v) is 6.07. The number of benzene rings is 1. The molecule has 1 amide bonds. The molecule has 0 radical (unpaired) electrons. The van der Waals surface area contributed by atoms with Gasteiger partial charge in [0.05, 0.1) is 25.6 Å². The van der Waals surface area contributed by atoms with E-state index in [4.69, 9.17) is 0 Å². The highest BCUT2D eigenvalue weighted by Gasteiger charge is 2.32. The monoisotopic (exact) mass is 391 g/mol. The predicted octanol–water partition coefficient (Wildman–Crippen LogP) is 3.19. The number of rotatable bonds is 4. The molecule has 1 aliphatic rings. The average molecular weight is 391 g/mol. The van der Waals surface area contributed by atoms with Crippen molar-refractivity contribution in [2.45, 2.75) is 18.0 Å². The Morgan fingerprint density at radius 2 is 2.16 bits per heavy atom. The van der Waals surface area contributed by atoms with E-state index in [1.807, 2.05) is 6.07 Å². The lowest BCUT2D eigenvalue weighted by Crippen LogP contribution is -2.25. The van der Waals surface area contributed by atoms with Gasteiger partial charge >= 0.3 is 0 Å². The molecule has 0 aliphatic carbocycles. The number of hydrogen-bond acceptors (Lipinski definition) is 6. The topological polar surface area (TPSA) is 79.4 Å². The summed E-state index contributed by atoms with van der Waals surface area (Å²) in [5.41, 5.74) is 3.42. The average Bonchev–Trinajstić information content (AvgIpc) is 3.27. The standard InChI is InChI=1S/C16H13N3O3S3/c1-2-15(20)18-16-5-10-7-19(8-14(10)24-16)25(21,22)11-3-4-12-13(6-11)23-9-17-12/h2-6,9H,1,7-8H2,(H,18,20). The number of sulfonamides is 1.